The number of halogens is 2. The molecule has 0 amide bonds. The Morgan fingerprint density at radius 3 is 2.57 bits per heavy atom. The highest BCUT2D eigenvalue weighted by Crippen LogP contribution is 2.50. The second-order valence-corrected chi connectivity index (χ2v) is 6.51. The minimum Gasteiger partial charge on any atom is -0.316 e. The van der Waals surface area contributed by atoms with E-state index in [2.05, 4.69) is 41.7 Å². The van der Waals surface area contributed by atoms with E-state index in [1.807, 2.05) is 19.2 Å². The lowest BCUT2D eigenvalue weighted by Crippen LogP contribution is -2.30. The van der Waals surface area contributed by atoms with Crippen molar-refractivity contribution in [1.82, 2.24) is 5.32 Å². The average molecular weight is 320 g/mol. The van der Waals surface area contributed by atoms with Crippen molar-refractivity contribution in [3.63, 3.8) is 0 Å². The zero-order valence-corrected chi connectivity index (χ0v) is 13.5. The summed E-state index contributed by atoms with van der Waals surface area (Å²) in [6, 6.07) is 17.1. The summed E-state index contributed by atoms with van der Waals surface area (Å²) in [5.41, 5.74) is 2.57. The first kappa shape index (κ1) is 14.9. The molecule has 1 aliphatic carbocycles. The first-order valence-corrected chi connectivity index (χ1v) is 8.11. The van der Waals surface area contributed by atoms with E-state index in [0.29, 0.717) is 27.9 Å². The normalized spacial score (nSPS) is 22.0. The summed E-state index contributed by atoms with van der Waals surface area (Å²) in [6.07, 6.45) is 2.16. The van der Waals surface area contributed by atoms with Gasteiger partial charge in [-0.05, 0) is 48.9 Å². The van der Waals surface area contributed by atoms with Gasteiger partial charge in [0.2, 0.25) is 0 Å². The average Bonchev–Trinajstić information content (AvgIpc) is 3.30. The highest BCUT2D eigenvalue weighted by atomic mass is 35.5. The van der Waals surface area contributed by atoms with Crippen LogP contribution in [0, 0.1) is 5.92 Å². The summed E-state index contributed by atoms with van der Waals surface area (Å²) in [5.74, 6) is 1.34. The number of benzene rings is 2. The van der Waals surface area contributed by atoms with E-state index in [-0.39, 0.29) is 0 Å². The molecule has 0 bridgehead atoms. The van der Waals surface area contributed by atoms with E-state index in [0.717, 1.165) is 12.0 Å². The molecule has 2 aromatic carbocycles. The van der Waals surface area contributed by atoms with Crippen molar-refractivity contribution in [2.45, 2.75) is 24.8 Å². The van der Waals surface area contributed by atoms with Gasteiger partial charge in [-0.25, -0.2) is 0 Å². The van der Waals surface area contributed by atoms with E-state index in [1.165, 1.54) is 12.0 Å². The molecule has 1 fully saturated rings. The number of hydrogen-bond acceptors (Lipinski definition) is 1. The Labute approximate surface area is 136 Å². The van der Waals surface area contributed by atoms with Crippen molar-refractivity contribution in [2.75, 3.05) is 7.05 Å². The molecule has 1 N–H and O–H groups in total. The van der Waals surface area contributed by atoms with Crippen LogP contribution in [0.2, 0.25) is 10.0 Å². The Morgan fingerprint density at radius 1 is 1.10 bits per heavy atom. The fourth-order valence-corrected chi connectivity index (χ4v) is 3.55. The Hall–Kier alpha value is -1.02. The maximum Gasteiger partial charge on any atom is 0.0624 e. The fraction of sp³-hybridized carbons (Fsp3) is 0.333. The zero-order chi connectivity index (χ0) is 14.8. The van der Waals surface area contributed by atoms with Crippen molar-refractivity contribution in [1.29, 1.82) is 0 Å². The van der Waals surface area contributed by atoms with Crippen molar-refractivity contribution in [3.05, 3.63) is 69.7 Å². The van der Waals surface area contributed by atoms with Crippen molar-refractivity contribution in [3.8, 4) is 0 Å². The van der Waals surface area contributed by atoms with Crippen LogP contribution in [0.5, 0.6) is 0 Å². The topological polar surface area (TPSA) is 12.0 Å². The van der Waals surface area contributed by atoms with E-state index in [9.17, 15) is 0 Å². The third kappa shape index (κ3) is 3.26. The molecule has 3 heteroatoms. The Kier molecular flexibility index (Phi) is 4.54. The van der Waals surface area contributed by atoms with Gasteiger partial charge in [-0.15, -0.1) is 0 Å². The number of hydrogen-bond donors (Lipinski definition) is 1. The molecule has 3 atom stereocenters. The molecular formula is C18H19Cl2N. The SMILES string of the molecule is CNC(Cc1cccc(Cl)c1Cl)C1CC1c1ccccc1. The van der Waals surface area contributed by atoms with E-state index < -0.39 is 0 Å². The van der Waals surface area contributed by atoms with Crippen molar-refractivity contribution in [2.24, 2.45) is 5.92 Å². The molecule has 1 saturated carbocycles. The highest BCUT2D eigenvalue weighted by Gasteiger charge is 2.43. The van der Waals surface area contributed by atoms with Gasteiger partial charge in [-0.3, -0.25) is 0 Å². The molecule has 0 aliphatic heterocycles. The van der Waals surface area contributed by atoms with Crippen LogP contribution in [0.25, 0.3) is 0 Å². The van der Waals surface area contributed by atoms with E-state index in [4.69, 9.17) is 23.2 Å². The third-order valence-corrected chi connectivity index (χ3v) is 5.28. The summed E-state index contributed by atoms with van der Waals surface area (Å²) < 4.78 is 0. The van der Waals surface area contributed by atoms with Crippen LogP contribution >= 0.6 is 23.2 Å². The molecule has 110 valence electrons. The molecule has 1 nitrogen and oxygen atoms in total. The van der Waals surface area contributed by atoms with Gasteiger partial charge < -0.3 is 5.32 Å². The first-order valence-electron chi connectivity index (χ1n) is 7.35. The van der Waals surface area contributed by atoms with Gasteiger partial charge in [-0.1, -0.05) is 65.7 Å². The lowest BCUT2D eigenvalue weighted by molar-refractivity contribution is 0.491. The first-order chi connectivity index (χ1) is 10.2. The van der Waals surface area contributed by atoms with Crippen LogP contribution in [0.3, 0.4) is 0 Å². The van der Waals surface area contributed by atoms with Crippen molar-refractivity contribution < 1.29 is 0 Å². The second-order valence-electron chi connectivity index (χ2n) is 5.73. The van der Waals surface area contributed by atoms with Crippen LogP contribution in [0.1, 0.15) is 23.5 Å². The van der Waals surface area contributed by atoms with Gasteiger partial charge in [0.25, 0.3) is 0 Å². The minimum absolute atomic E-state index is 0.436. The minimum atomic E-state index is 0.436. The highest BCUT2D eigenvalue weighted by molar-refractivity contribution is 6.42. The van der Waals surface area contributed by atoms with Gasteiger partial charge in [0.05, 0.1) is 10.0 Å². The fourth-order valence-electron chi connectivity index (χ4n) is 3.15. The van der Waals surface area contributed by atoms with Crippen LogP contribution in [0.15, 0.2) is 48.5 Å². The molecular weight excluding hydrogens is 301 g/mol. The van der Waals surface area contributed by atoms with Crippen LogP contribution in [-0.4, -0.2) is 13.1 Å². The summed E-state index contributed by atoms with van der Waals surface area (Å²) in [5, 5.41) is 4.79. The Balaban J connectivity index is 1.71. The lowest BCUT2D eigenvalue weighted by atomic mass is 9.99. The second kappa shape index (κ2) is 6.39. The maximum atomic E-state index is 6.31. The van der Waals surface area contributed by atoms with E-state index >= 15 is 0 Å². The molecule has 0 spiro atoms. The standard InChI is InChI=1S/C18H19Cl2N/c1-21-17(10-13-8-5-9-16(19)18(13)20)15-11-14(15)12-6-3-2-4-7-12/h2-9,14-15,17,21H,10-11H2,1H3. The van der Waals surface area contributed by atoms with Crippen LogP contribution < -0.4 is 5.32 Å². The van der Waals surface area contributed by atoms with Crippen LogP contribution in [-0.2, 0) is 6.42 Å². The smallest absolute Gasteiger partial charge is 0.0624 e. The quantitative estimate of drug-likeness (QED) is 0.824. The molecule has 0 heterocycles. The molecule has 1 aliphatic rings. The predicted molar refractivity (Wildman–Crippen MR) is 90.3 cm³/mol. The molecule has 0 aromatic heterocycles. The Bertz CT molecular complexity index is 612. The van der Waals surface area contributed by atoms with E-state index in [1.54, 1.807) is 0 Å². The predicted octanol–water partition coefficient (Wildman–Crippen LogP) is 4.93. The van der Waals surface area contributed by atoms with Crippen LogP contribution in [0.4, 0.5) is 0 Å². The maximum absolute atomic E-state index is 6.31. The molecule has 3 unspecified atom stereocenters. The third-order valence-electron chi connectivity index (χ3n) is 4.43. The summed E-state index contributed by atoms with van der Waals surface area (Å²) in [6.45, 7) is 0. The summed E-state index contributed by atoms with van der Waals surface area (Å²) in [7, 11) is 2.03. The summed E-state index contributed by atoms with van der Waals surface area (Å²) >= 11 is 12.4. The lowest BCUT2D eigenvalue weighted by Gasteiger charge is -2.17. The van der Waals surface area contributed by atoms with Gasteiger partial charge in [0.15, 0.2) is 0 Å². The molecule has 21 heavy (non-hydrogen) atoms. The number of likely N-dealkylation sites (N-methyl/N-ethyl adjacent to an activating group) is 1. The monoisotopic (exact) mass is 319 g/mol. The summed E-state index contributed by atoms with van der Waals surface area (Å²) in [4.78, 5) is 0. The molecule has 3 rings (SSSR count). The molecule has 2 aromatic rings. The number of rotatable bonds is 5. The molecule has 0 radical (unpaired) electrons. The van der Waals surface area contributed by atoms with Gasteiger partial charge in [0, 0.05) is 6.04 Å². The molecule has 0 saturated heterocycles. The largest absolute Gasteiger partial charge is 0.316 e. The van der Waals surface area contributed by atoms with Gasteiger partial charge in [0.1, 0.15) is 0 Å². The van der Waals surface area contributed by atoms with Gasteiger partial charge in [-0.2, -0.15) is 0 Å². The van der Waals surface area contributed by atoms with Crippen molar-refractivity contribution >= 4 is 23.2 Å². The van der Waals surface area contributed by atoms with Gasteiger partial charge >= 0.3 is 0 Å². The zero-order valence-electron chi connectivity index (χ0n) is 12.0. The number of nitrogens with one attached hydrogen (secondary N) is 1. The Morgan fingerprint density at radius 2 is 1.86 bits per heavy atom.